The number of nitrogens with zero attached hydrogens (tertiary/aromatic N) is 2. The first-order valence-corrected chi connectivity index (χ1v) is 6.61. The van der Waals surface area contributed by atoms with Gasteiger partial charge in [-0.15, -0.1) is 0 Å². The van der Waals surface area contributed by atoms with Crippen LogP contribution >= 0.6 is 0 Å². The quantitative estimate of drug-likeness (QED) is 0.772. The first-order chi connectivity index (χ1) is 9.38. The summed E-state index contributed by atoms with van der Waals surface area (Å²) in [7, 11) is 0. The number of hydrogen-bond donors (Lipinski definition) is 1. The third-order valence-corrected chi connectivity index (χ3v) is 3.24. The highest BCUT2D eigenvalue weighted by atomic mass is 15.3. The second-order valence-corrected chi connectivity index (χ2v) is 4.56. The number of hydrogen-bond acceptors (Lipinski definition) is 2. The van der Waals surface area contributed by atoms with Crippen molar-refractivity contribution in [3.05, 3.63) is 60.3 Å². The number of aromatic nitrogens is 2. The Kier molecular flexibility index (Phi) is 3.29. The molecule has 1 aromatic heterocycles. The smallest absolute Gasteiger partial charge is 0.0741 e. The Morgan fingerprint density at radius 1 is 1.05 bits per heavy atom. The van der Waals surface area contributed by atoms with Gasteiger partial charge in [-0.1, -0.05) is 37.3 Å². The Bertz CT molecular complexity index is 668. The summed E-state index contributed by atoms with van der Waals surface area (Å²) in [6, 6.07) is 16.8. The van der Waals surface area contributed by atoms with Gasteiger partial charge in [-0.3, -0.25) is 0 Å². The molecule has 0 aliphatic carbocycles. The van der Waals surface area contributed by atoms with Gasteiger partial charge in [0.25, 0.3) is 0 Å². The van der Waals surface area contributed by atoms with E-state index in [0.29, 0.717) is 0 Å². The zero-order chi connectivity index (χ0) is 13.1. The molecule has 3 aromatic rings. The van der Waals surface area contributed by atoms with E-state index in [1.54, 1.807) is 0 Å². The molecule has 0 unspecified atom stereocenters. The van der Waals surface area contributed by atoms with Gasteiger partial charge in [-0.05, 0) is 30.3 Å². The summed E-state index contributed by atoms with van der Waals surface area (Å²) in [6.07, 6.45) is 1.90. The maximum absolute atomic E-state index is 4.46. The monoisotopic (exact) mass is 251 g/mol. The molecule has 0 spiro atoms. The number of fused-ring (bicyclic) bond motifs is 1. The molecule has 0 bridgehead atoms. The number of para-hydroxylation sites is 1. The summed E-state index contributed by atoms with van der Waals surface area (Å²) in [5.41, 5.74) is 3.53. The van der Waals surface area contributed by atoms with Crippen LogP contribution < -0.4 is 5.32 Å². The SMILES string of the molecule is CCNCc1ccc(-n2ncc3ccccc32)cc1. The highest BCUT2D eigenvalue weighted by Gasteiger charge is 2.03. The molecule has 0 fully saturated rings. The Labute approximate surface area is 112 Å². The molecule has 0 aliphatic rings. The predicted octanol–water partition coefficient (Wildman–Crippen LogP) is 3.14. The fourth-order valence-electron chi connectivity index (χ4n) is 2.20. The van der Waals surface area contributed by atoms with Crippen molar-refractivity contribution in [2.24, 2.45) is 0 Å². The molecule has 0 atom stereocenters. The molecule has 3 heteroatoms. The summed E-state index contributed by atoms with van der Waals surface area (Å²) in [5, 5.41) is 8.95. The molecular weight excluding hydrogens is 234 g/mol. The fraction of sp³-hybridized carbons (Fsp3) is 0.188. The Balaban J connectivity index is 1.93. The number of benzene rings is 2. The predicted molar refractivity (Wildman–Crippen MR) is 78.5 cm³/mol. The van der Waals surface area contributed by atoms with Gasteiger partial charge in [0, 0.05) is 11.9 Å². The zero-order valence-electron chi connectivity index (χ0n) is 11.0. The highest BCUT2D eigenvalue weighted by Crippen LogP contribution is 2.18. The van der Waals surface area contributed by atoms with E-state index in [1.807, 2.05) is 23.0 Å². The molecule has 3 nitrogen and oxygen atoms in total. The van der Waals surface area contributed by atoms with E-state index in [2.05, 4.69) is 53.7 Å². The fourth-order valence-corrected chi connectivity index (χ4v) is 2.20. The molecule has 0 radical (unpaired) electrons. The van der Waals surface area contributed by atoms with Gasteiger partial charge < -0.3 is 5.32 Å². The van der Waals surface area contributed by atoms with E-state index in [1.165, 1.54) is 10.9 Å². The normalized spacial score (nSPS) is 11.0. The van der Waals surface area contributed by atoms with E-state index in [4.69, 9.17) is 0 Å². The molecule has 0 aliphatic heterocycles. The lowest BCUT2D eigenvalue weighted by molar-refractivity contribution is 0.726. The minimum Gasteiger partial charge on any atom is -0.313 e. The van der Waals surface area contributed by atoms with Crippen LogP contribution in [0.5, 0.6) is 0 Å². The number of nitrogens with one attached hydrogen (secondary N) is 1. The molecule has 1 heterocycles. The average Bonchev–Trinajstić information content (AvgIpc) is 2.90. The molecule has 0 amide bonds. The van der Waals surface area contributed by atoms with Gasteiger partial charge in [-0.25, -0.2) is 4.68 Å². The molecule has 3 rings (SSSR count). The molecule has 19 heavy (non-hydrogen) atoms. The van der Waals surface area contributed by atoms with Crippen LogP contribution in [-0.2, 0) is 6.54 Å². The van der Waals surface area contributed by atoms with Gasteiger partial charge in [0.05, 0.1) is 17.4 Å². The minimum atomic E-state index is 0.913. The minimum absolute atomic E-state index is 0.913. The van der Waals surface area contributed by atoms with Gasteiger partial charge in [-0.2, -0.15) is 5.10 Å². The van der Waals surface area contributed by atoms with Gasteiger partial charge in [0.15, 0.2) is 0 Å². The van der Waals surface area contributed by atoms with Crippen LogP contribution in [0.4, 0.5) is 0 Å². The van der Waals surface area contributed by atoms with Crippen LogP contribution in [-0.4, -0.2) is 16.3 Å². The van der Waals surface area contributed by atoms with Crippen molar-refractivity contribution in [3.8, 4) is 5.69 Å². The van der Waals surface area contributed by atoms with Crippen LogP contribution in [0, 0.1) is 0 Å². The Morgan fingerprint density at radius 3 is 2.63 bits per heavy atom. The third-order valence-electron chi connectivity index (χ3n) is 3.24. The summed E-state index contributed by atoms with van der Waals surface area (Å²) >= 11 is 0. The van der Waals surface area contributed by atoms with Crippen molar-refractivity contribution in [1.29, 1.82) is 0 Å². The van der Waals surface area contributed by atoms with Crippen molar-refractivity contribution in [2.75, 3.05) is 6.54 Å². The summed E-state index contributed by atoms with van der Waals surface area (Å²) in [6.45, 7) is 4.02. The molecular formula is C16H17N3. The van der Waals surface area contributed by atoms with Gasteiger partial charge in [0.1, 0.15) is 0 Å². The van der Waals surface area contributed by atoms with E-state index < -0.39 is 0 Å². The third kappa shape index (κ3) is 2.37. The summed E-state index contributed by atoms with van der Waals surface area (Å²) in [4.78, 5) is 0. The van der Waals surface area contributed by atoms with E-state index >= 15 is 0 Å². The second kappa shape index (κ2) is 5.24. The molecule has 2 aromatic carbocycles. The standard InChI is InChI=1S/C16H17N3/c1-2-17-11-13-7-9-15(10-8-13)19-16-6-4-3-5-14(16)12-18-19/h3-10,12,17H,2,11H2,1H3. The van der Waals surface area contributed by atoms with E-state index in [9.17, 15) is 0 Å². The van der Waals surface area contributed by atoms with Crippen LogP contribution in [0.15, 0.2) is 54.7 Å². The van der Waals surface area contributed by atoms with Crippen LogP contribution in [0.25, 0.3) is 16.6 Å². The van der Waals surface area contributed by atoms with Gasteiger partial charge in [0.2, 0.25) is 0 Å². The van der Waals surface area contributed by atoms with E-state index in [0.717, 1.165) is 24.3 Å². The van der Waals surface area contributed by atoms with Crippen molar-refractivity contribution >= 4 is 10.9 Å². The average molecular weight is 251 g/mol. The molecule has 0 saturated heterocycles. The van der Waals surface area contributed by atoms with Crippen molar-refractivity contribution in [1.82, 2.24) is 15.1 Å². The maximum atomic E-state index is 4.46. The number of rotatable bonds is 4. The first kappa shape index (κ1) is 11.9. The maximum Gasteiger partial charge on any atom is 0.0741 e. The Morgan fingerprint density at radius 2 is 1.84 bits per heavy atom. The lowest BCUT2D eigenvalue weighted by atomic mass is 10.2. The first-order valence-electron chi connectivity index (χ1n) is 6.61. The largest absolute Gasteiger partial charge is 0.313 e. The highest BCUT2D eigenvalue weighted by molar-refractivity contribution is 5.80. The second-order valence-electron chi connectivity index (χ2n) is 4.56. The van der Waals surface area contributed by atoms with E-state index in [-0.39, 0.29) is 0 Å². The summed E-state index contributed by atoms with van der Waals surface area (Å²) in [5.74, 6) is 0. The van der Waals surface area contributed by atoms with Crippen molar-refractivity contribution in [2.45, 2.75) is 13.5 Å². The lowest BCUT2D eigenvalue weighted by Gasteiger charge is -2.06. The van der Waals surface area contributed by atoms with Crippen LogP contribution in [0.2, 0.25) is 0 Å². The van der Waals surface area contributed by atoms with Crippen LogP contribution in [0.1, 0.15) is 12.5 Å². The molecule has 1 N–H and O–H groups in total. The van der Waals surface area contributed by atoms with Crippen molar-refractivity contribution in [3.63, 3.8) is 0 Å². The lowest BCUT2D eigenvalue weighted by Crippen LogP contribution is -2.11. The molecule has 0 saturated carbocycles. The van der Waals surface area contributed by atoms with Crippen molar-refractivity contribution < 1.29 is 0 Å². The zero-order valence-corrected chi connectivity index (χ0v) is 11.0. The van der Waals surface area contributed by atoms with Gasteiger partial charge >= 0.3 is 0 Å². The van der Waals surface area contributed by atoms with Crippen LogP contribution in [0.3, 0.4) is 0 Å². The Hall–Kier alpha value is -2.13. The summed E-state index contributed by atoms with van der Waals surface area (Å²) < 4.78 is 1.98. The topological polar surface area (TPSA) is 29.9 Å². The molecule has 96 valence electrons.